The number of aryl methyl sites for hydroxylation is 1. The van der Waals surface area contributed by atoms with Crippen LogP contribution in [0.4, 0.5) is 0 Å². The van der Waals surface area contributed by atoms with Crippen LogP contribution in [-0.4, -0.2) is 27.8 Å². The number of hydrogen-bond donors (Lipinski definition) is 2. The lowest BCUT2D eigenvalue weighted by Gasteiger charge is -2.13. The van der Waals surface area contributed by atoms with Crippen molar-refractivity contribution in [3.63, 3.8) is 0 Å². The predicted molar refractivity (Wildman–Crippen MR) is 92.8 cm³/mol. The lowest BCUT2D eigenvalue weighted by atomic mass is 10.1. The highest BCUT2D eigenvalue weighted by molar-refractivity contribution is 5.39. The molecule has 4 rings (SSSR count). The normalized spacial score (nSPS) is 22.9. The van der Waals surface area contributed by atoms with Gasteiger partial charge in [0.05, 0.1) is 17.7 Å². The first-order valence-electron chi connectivity index (χ1n) is 9.01. The van der Waals surface area contributed by atoms with Gasteiger partial charge in [-0.2, -0.15) is 10.4 Å². The van der Waals surface area contributed by atoms with E-state index in [0.717, 1.165) is 48.7 Å². The monoisotopic (exact) mass is 337 g/mol. The quantitative estimate of drug-likeness (QED) is 0.846. The second kappa shape index (κ2) is 6.95. The van der Waals surface area contributed by atoms with Gasteiger partial charge >= 0.3 is 0 Å². The molecule has 2 heterocycles. The molecule has 6 nitrogen and oxygen atoms in total. The molecule has 0 radical (unpaired) electrons. The molecule has 0 bridgehead atoms. The van der Waals surface area contributed by atoms with Gasteiger partial charge in [0.1, 0.15) is 6.10 Å². The first-order valence-corrected chi connectivity index (χ1v) is 9.01. The topological polar surface area (TPSA) is 86.6 Å². The minimum atomic E-state index is 0.0453. The lowest BCUT2D eigenvalue weighted by molar-refractivity contribution is 0.0401. The average molecular weight is 337 g/mol. The Bertz CT molecular complexity index is 789. The molecule has 1 aromatic carbocycles. The Kier molecular flexibility index (Phi) is 4.51. The van der Waals surface area contributed by atoms with Crippen LogP contribution in [0.1, 0.15) is 66.0 Å². The zero-order valence-corrected chi connectivity index (χ0v) is 14.5. The average Bonchev–Trinajstić information content (AvgIpc) is 3.16. The number of nitriles is 1. The van der Waals surface area contributed by atoms with E-state index in [1.54, 1.807) is 0 Å². The van der Waals surface area contributed by atoms with Crippen molar-refractivity contribution in [3.8, 4) is 6.07 Å². The maximum atomic E-state index is 8.99. The maximum absolute atomic E-state index is 8.99. The number of H-pyrrole nitrogens is 1. The van der Waals surface area contributed by atoms with Crippen LogP contribution in [-0.2, 0) is 11.3 Å². The third-order valence-electron chi connectivity index (χ3n) is 4.99. The van der Waals surface area contributed by atoms with Gasteiger partial charge in [0.2, 0.25) is 0 Å². The molecule has 2 aromatic rings. The number of rotatable bonds is 6. The van der Waals surface area contributed by atoms with E-state index in [0.29, 0.717) is 5.92 Å². The molecule has 130 valence electrons. The second-order valence-corrected chi connectivity index (χ2v) is 7.07. The van der Waals surface area contributed by atoms with Gasteiger partial charge in [-0.3, -0.25) is 5.10 Å². The molecule has 2 aliphatic rings. The van der Waals surface area contributed by atoms with Gasteiger partial charge in [-0.25, -0.2) is 4.98 Å². The first kappa shape index (κ1) is 16.2. The van der Waals surface area contributed by atoms with Gasteiger partial charge in [-0.05, 0) is 49.8 Å². The van der Waals surface area contributed by atoms with Crippen LogP contribution in [0.2, 0.25) is 0 Å². The maximum Gasteiger partial charge on any atom is 0.153 e. The fourth-order valence-corrected chi connectivity index (χ4v) is 3.35. The van der Waals surface area contributed by atoms with Gasteiger partial charge < -0.3 is 10.1 Å². The summed E-state index contributed by atoms with van der Waals surface area (Å²) >= 11 is 0. The number of nitrogens with zero attached hydrogens (tertiary/aromatic N) is 3. The molecule has 1 saturated heterocycles. The number of ether oxygens (including phenoxy) is 1. The molecule has 0 spiro atoms. The number of aromatic nitrogens is 3. The minimum absolute atomic E-state index is 0.0453. The molecule has 1 saturated carbocycles. The molecule has 2 N–H and O–H groups in total. The largest absolute Gasteiger partial charge is 0.366 e. The standard InChI is InChI=1S/C19H23N5O/c1-12-8-13(2-3-15(12)9-20)10-21-11-16-6-7-17(25-16)19-22-18(23-24-19)14-4-5-14/h2-3,8,14,16-17,21H,4-7,10-11H2,1H3,(H,22,23,24)/t16-,17+/m1/s1. The molecule has 1 aliphatic carbocycles. The van der Waals surface area contributed by atoms with E-state index >= 15 is 0 Å². The summed E-state index contributed by atoms with van der Waals surface area (Å²) < 4.78 is 6.12. The highest BCUT2D eigenvalue weighted by atomic mass is 16.5. The highest BCUT2D eigenvalue weighted by Gasteiger charge is 2.32. The Morgan fingerprint density at radius 2 is 2.20 bits per heavy atom. The van der Waals surface area contributed by atoms with E-state index in [2.05, 4.69) is 32.6 Å². The summed E-state index contributed by atoms with van der Waals surface area (Å²) in [6.07, 6.45) is 4.70. The molecule has 1 aromatic heterocycles. The summed E-state index contributed by atoms with van der Waals surface area (Å²) in [6.45, 7) is 3.57. The highest BCUT2D eigenvalue weighted by Crippen LogP contribution is 2.39. The fourth-order valence-electron chi connectivity index (χ4n) is 3.35. The number of nitrogens with one attached hydrogen (secondary N) is 2. The Hall–Kier alpha value is -2.23. The van der Waals surface area contributed by atoms with Crippen molar-refractivity contribution in [2.45, 2.75) is 57.3 Å². The second-order valence-electron chi connectivity index (χ2n) is 7.07. The van der Waals surface area contributed by atoms with Gasteiger partial charge in [0.15, 0.2) is 11.6 Å². The molecule has 6 heteroatoms. The van der Waals surface area contributed by atoms with Crippen molar-refractivity contribution in [1.29, 1.82) is 5.26 Å². The van der Waals surface area contributed by atoms with Crippen LogP contribution in [0, 0.1) is 18.3 Å². The number of aromatic amines is 1. The summed E-state index contributed by atoms with van der Waals surface area (Å²) in [4.78, 5) is 4.60. The third-order valence-corrected chi connectivity index (χ3v) is 4.99. The van der Waals surface area contributed by atoms with Crippen LogP contribution in [0.5, 0.6) is 0 Å². The van der Waals surface area contributed by atoms with Crippen LogP contribution >= 0.6 is 0 Å². The number of benzene rings is 1. The van der Waals surface area contributed by atoms with E-state index in [9.17, 15) is 0 Å². The molecule has 0 unspecified atom stereocenters. The zero-order valence-electron chi connectivity index (χ0n) is 14.5. The van der Waals surface area contributed by atoms with Gasteiger partial charge in [0, 0.05) is 19.0 Å². The molecule has 25 heavy (non-hydrogen) atoms. The summed E-state index contributed by atoms with van der Waals surface area (Å²) in [7, 11) is 0. The zero-order chi connectivity index (χ0) is 17.2. The van der Waals surface area contributed by atoms with Crippen molar-refractivity contribution < 1.29 is 4.74 Å². The SMILES string of the molecule is Cc1cc(CNC[C@H]2CC[C@@H](c3nc(C4CC4)n[nH]3)O2)ccc1C#N. The summed E-state index contributed by atoms with van der Waals surface area (Å²) in [6, 6.07) is 8.16. The third kappa shape index (κ3) is 3.73. The number of hydrogen-bond acceptors (Lipinski definition) is 5. The van der Waals surface area contributed by atoms with Crippen LogP contribution in [0.25, 0.3) is 0 Å². The smallest absolute Gasteiger partial charge is 0.153 e. The van der Waals surface area contributed by atoms with Crippen molar-refractivity contribution in [2.24, 2.45) is 0 Å². The Balaban J connectivity index is 1.25. The van der Waals surface area contributed by atoms with Crippen molar-refractivity contribution in [3.05, 3.63) is 46.5 Å². The summed E-state index contributed by atoms with van der Waals surface area (Å²) in [5, 5.41) is 19.8. The molecular weight excluding hydrogens is 314 g/mol. The van der Waals surface area contributed by atoms with Crippen LogP contribution in [0.3, 0.4) is 0 Å². The summed E-state index contributed by atoms with van der Waals surface area (Å²) in [5.41, 5.74) is 2.95. The summed E-state index contributed by atoms with van der Waals surface area (Å²) in [5.74, 6) is 2.41. The molecule has 0 amide bonds. The Morgan fingerprint density at radius 1 is 1.32 bits per heavy atom. The first-order chi connectivity index (χ1) is 12.2. The minimum Gasteiger partial charge on any atom is -0.366 e. The lowest BCUT2D eigenvalue weighted by Crippen LogP contribution is -2.26. The fraction of sp³-hybridized carbons (Fsp3) is 0.526. The van der Waals surface area contributed by atoms with Crippen molar-refractivity contribution in [2.75, 3.05) is 6.54 Å². The predicted octanol–water partition coefficient (Wildman–Crippen LogP) is 2.87. The van der Waals surface area contributed by atoms with E-state index in [1.165, 1.54) is 18.4 Å². The molecule has 1 aliphatic heterocycles. The molecule has 2 atom stereocenters. The molecular formula is C19H23N5O. The van der Waals surface area contributed by atoms with E-state index in [4.69, 9.17) is 10.00 Å². The van der Waals surface area contributed by atoms with Crippen LogP contribution < -0.4 is 5.32 Å². The van der Waals surface area contributed by atoms with Gasteiger partial charge in [-0.1, -0.05) is 12.1 Å². The van der Waals surface area contributed by atoms with E-state index in [-0.39, 0.29) is 12.2 Å². The Morgan fingerprint density at radius 3 is 2.96 bits per heavy atom. The van der Waals surface area contributed by atoms with Crippen LogP contribution in [0.15, 0.2) is 18.2 Å². The Labute approximate surface area is 147 Å². The van der Waals surface area contributed by atoms with Crippen molar-refractivity contribution in [1.82, 2.24) is 20.5 Å². The molecule has 2 fully saturated rings. The van der Waals surface area contributed by atoms with E-state index < -0.39 is 0 Å². The van der Waals surface area contributed by atoms with Gasteiger partial charge in [-0.15, -0.1) is 0 Å². The van der Waals surface area contributed by atoms with Gasteiger partial charge in [0.25, 0.3) is 0 Å². The van der Waals surface area contributed by atoms with E-state index in [1.807, 2.05) is 19.1 Å². The van der Waals surface area contributed by atoms with Crippen molar-refractivity contribution >= 4 is 0 Å².